The highest BCUT2D eigenvalue weighted by Crippen LogP contribution is 2.18. The average Bonchev–Trinajstić information content (AvgIpc) is 2.37. The summed E-state index contributed by atoms with van der Waals surface area (Å²) in [6.07, 6.45) is -0.265. The summed E-state index contributed by atoms with van der Waals surface area (Å²) in [5.41, 5.74) is 0.694. The van der Waals surface area contributed by atoms with Crippen LogP contribution >= 0.6 is 0 Å². The molecule has 5 nitrogen and oxygen atoms in total. The van der Waals surface area contributed by atoms with Crippen LogP contribution in [0.2, 0.25) is 0 Å². The first-order chi connectivity index (χ1) is 8.08. The first kappa shape index (κ1) is 13.0. The van der Waals surface area contributed by atoms with Crippen molar-refractivity contribution in [2.75, 3.05) is 26.2 Å². The molecule has 0 saturated carbocycles. The van der Waals surface area contributed by atoms with Crippen molar-refractivity contribution >= 4 is 17.6 Å². The Morgan fingerprint density at radius 1 is 1.18 bits per heavy atom. The molecule has 0 unspecified atom stereocenters. The van der Waals surface area contributed by atoms with Crippen LogP contribution in [0, 0.1) is 0 Å². The zero-order valence-electron chi connectivity index (χ0n) is 10.1. The number of carbonyl (C=O) groups is 2. The van der Waals surface area contributed by atoms with E-state index in [9.17, 15) is 9.59 Å². The maximum atomic E-state index is 11.7. The molecule has 0 saturated heterocycles. The minimum absolute atomic E-state index is 0.265. The summed E-state index contributed by atoms with van der Waals surface area (Å²) in [5, 5.41) is 0. The topological polar surface area (TPSA) is 55.8 Å². The van der Waals surface area contributed by atoms with E-state index in [1.165, 1.54) is 12.0 Å². The van der Waals surface area contributed by atoms with Crippen molar-refractivity contribution in [1.29, 1.82) is 0 Å². The third-order valence-electron chi connectivity index (χ3n) is 2.36. The number of nitrogens with zero attached hydrogens (tertiary/aromatic N) is 1. The van der Waals surface area contributed by atoms with Gasteiger partial charge in [0.1, 0.15) is 12.2 Å². The lowest BCUT2D eigenvalue weighted by atomic mass is 10.2. The summed E-state index contributed by atoms with van der Waals surface area (Å²) >= 11 is 0. The van der Waals surface area contributed by atoms with Crippen LogP contribution in [0.1, 0.15) is 6.42 Å². The molecule has 1 aromatic rings. The molecular formula is C12H15NO4. The smallest absolute Gasteiger partial charge is 0.315 e. The Balaban J connectivity index is 2.71. The van der Waals surface area contributed by atoms with E-state index in [2.05, 4.69) is 4.74 Å². The number of hydrogen-bond donors (Lipinski definition) is 0. The highest BCUT2D eigenvalue weighted by Gasteiger charge is 2.15. The van der Waals surface area contributed by atoms with Gasteiger partial charge in [0.25, 0.3) is 0 Å². The molecular weight excluding hydrogens is 222 g/mol. The van der Waals surface area contributed by atoms with Gasteiger partial charge in [-0.3, -0.25) is 9.59 Å². The highest BCUT2D eigenvalue weighted by molar-refractivity contribution is 6.03. The molecule has 1 aromatic carbocycles. The monoisotopic (exact) mass is 237 g/mol. The van der Waals surface area contributed by atoms with Crippen molar-refractivity contribution in [3.8, 4) is 5.75 Å². The van der Waals surface area contributed by atoms with Gasteiger partial charge in [-0.05, 0) is 24.3 Å². The summed E-state index contributed by atoms with van der Waals surface area (Å²) in [5.74, 6) is -0.153. The quantitative estimate of drug-likeness (QED) is 0.583. The van der Waals surface area contributed by atoms with Gasteiger partial charge in [0.05, 0.1) is 14.2 Å². The summed E-state index contributed by atoms with van der Waals surface area (Å²) in [6.45, 7) is 0. The second-order valence-corrected chi connectivity index (χ2v) is 3.40. The molecule has 92 valence electrons. The first-order valence-corrected chi connectivity index (χ1v) is 5.06. The fourth-order valence-corrected chi connectivity index (χ4v) is 1.26. The van der Waals surface area contributed by atoms with Crippen LogP contribution in [0.25, 0.3) is 0 Å². The van der Waals surface area contributed by atoms with Crippen LogP contribution < -0.4 is 9.64 Å². The van der Waals surface area contributed by atoms with E-state index >= 15 is 0 Å². The first-order valence-electron chi connectivity index (χ1n) is 5.06. The van der Waals surface area contributed by atoms with Gasteiger partial charge in [0.2, 0.25) is 5.91 Å². The van der Waals surface area contributed by atoms with E-state index in [1.807, 2.05) is 0 Å². The van der Waals surface area contributed by atoms with Gasteiger partial charge >= 0.3 is 5.97 Å². The van der Waals surface area contributed by atoms with Crippen LogP contribution in [0.4, 0.5) is 5.69 Å². The minimum atomic E-state index is -0.546. The number of methoxy groups -OCH3 is 2. The Morgan fingerprint density at radius 3 is 2.24 bits per heavy atom. The molecule has 0 radical (unpaired) electrons. The van der Waals surface area contributed by atoms with Gasteiger partial charge in [-0.1, -0.05) is 0 Å². The van der Waals surface area contributed by atoms with Crippen molar-refractivity contribution in [3.05, 3.63) is 24.3 Å². The minimum Gasteiger partial charge on any atom is -0.497 e. The number of hydrogen-bond acceptors (Lipinski definition) is 4. The lowest BCUT2D eigenvalue weighted by molar-refractivity contribution is -0.143. The van der Waals surface area contributed by atoms with Crippen molar-refractivity contribution in [2.45, 2.75) is 6.42 Å². The van der Waals surface area contributed by atoms with Crippen LogP contribution in [0.3, 0.4) is 0 Å². The third-order valence-corrected chi connectivity index (χ3v) is 2.36. The van der Waals surface area contributed by atoms with E-state index in [0.29, 0.717) is 11.4 Å². The Bertz CT molecular complexity index is 399. The number of amides is 1. The molecule has 0 aliphatic carbocycles. The number of carbonyl (C=O) groups excluding carboxylic acids is 2. The number of anilines is 1. The van der Waals surface area contributed by atoms with Crippen LogP contribution in [0.5, 0.6) is 5.75 Å². The Hall–Kier alpha value is -2.04. The fraction of sp³-hybridized carbons (Fsp3) is 0.333. The van der Waals surface area contributed by atoms with Crippen molar-refractivity contribution < 1.29 is 19.1 Å². The van der Waals surface area contributed by atoms with Crippen molar-refractivity contribution in [2.24, 2.45) is 0 Å². The van der Waals surface area contributed by atoms with Gasteiger partial charge in [-0.25, -0.2) is 0 Å². The maximum Gasteiger partial charge on any atom is 0.315 e. The molecule has 0 spiro atoms. The Morgan fingerprint density at radius 2 is 1.76 bits per heavy atom. The van der Waals surface area contributed by atoms with E-state index in [0.717, 1.165) is 0 Å². The largest absolute Gasteiger partial charge is 0.497 e. The molecule has 0 aliphatic rings. The van der Waals surface area contributed by atoms with Crippen LogP contribution in [-0.4, -0.2) is 33.1 Å². The summed E-state index contributed by atoms with van der Waals surface area (Å²) in [6, 6.07) is 6.98. The molecule has 0 fully saturated rings. The predicted molar refractivity (Wildman–Crippen MR) is 63.0 cm³/mol. The third kappa shape index (κ3) is 3.48. The van der Waals surface area contributed by atoms with Gasteiger partial charge in [-0.2, -0.15) is 0 Å². The van der Waals surface area contributed by atoms with E-state index in [-0.39, 0.29) is 12.3 Å². The van der Waals surface area contributed by atoms with Gasteiger partial charge in [-0.15, -0.1) is 0 Å². The molecule has 5 heteroatoms. The molecule has 0 heterocycles. The SMILES string of the molecule is COC(=O)CC(=O)N(C)c1ccc(OC)cc1. The van der Waals surface area contributed by atoms with E-state index in [1.54, 1.807) is 38.4 Å². The molecule has 0 bridgehead atoms. The number of esters is 1. The molecule has 1 amide bonds. The molecule has 0 atom stereocenters. The molecule has 0 N–H and O–H groups in total. The Kier molecular flexibility index (Phi) is 4.51. The van der Waals surface area contributed by atoms with E-state index < -0.39 is 5.97 Å². The lowest BCUT2D eigenvalue weighted by Gasteiger charge is -2.16. The normalized spacial score (nSPS) is 9.59. The van der Waals surface area contributed by atoms with Gasteiger partial charge in [0.15, 0.2) is 0 Å². The molecule has 0 aliphatic heterocycles. The highest BCUT2D eigenvalue weighted by atomic mass is 16.5. The second-order valence-electron chi connectivity index (χ2n) is 3.40. The lowest BCUT2D eigenvalue weighted by Crippen LogP contribution is -2.28. The van der Waals surface area contributed by atoms with Gasteiger partial charge in [0, 0.05) is 12.7 Å². The second kappa shape index (κ2) is 5.89. The zero-order valence-corrected chi connectivity index (χ0v) is 10.1. The van der Waals surface area contributed by atoms with Gasteiger partial charge < -0.3 is 14.4 Å². The van der Waals surface area contributed by atoms with Crippen LogP contribution in [0.15, 0.2) is 24.3 Å². The maximum absolute atomic E-state index is 11.7. The summed E-state index contributed by atoms with van der Waals surface area (Å²) < 4.78 is 9.45. The summed E-state index contributed by atoms with van der Waals surface area (Å²) in [7, 11) is 4.43. The molecule has 1 rings (SSSR count). The fourth-order valence-electron chi connectivity index (χ4n) is 1.26. The zero-order chi connectivity index (χ0) is 12.8. The van der Waals surface area contributed by atoms with E-state index in [4.69, 9.17) is 4.74 Å². The molecule has 0 aromatic heterocycles. The number of rotatable bonds is 4. The van der Waals surface area contributed by atoms with Crippen molar-refractivity contribution in [1.82, 2.24) is 0 Å². The Labute approximate surface area is 99.9 Å². The standard InChI is InChI=1S/C12H15NO4/c1-13(11(14)8-12(15)17-3)9-4-6-10(16-2)7-5-9/h4-7H,8H2,1-3H3. The number of ether oxygens (including phenoxy) is 2. The average molecular weight is 237 g/mol. The number of benzene rings is 1. The van der Waals surface area contributed by atoms with Crippen LogP contribution in [-0.2, 0) is 14.3 Å². The van der Waals surface area contributed by atoms with Crippen molar-refractivity contribution in [3.63, 3.8) is 0 Å². The molecule has 17 heavy (non-hydrogen) atoms. The predicted octanol–water partition coefficient (Wildman–Crippen LogP) is 1.22. The summed E-state index contributed by atoms with van der Waals surface area (Å²) in [4.78, 5) is 24.0.